The number of fused-ring (bicyclic) bond motifs is 3. The molecule has 8 nitrogen and oxygen atoms in total. The fourth-order valence-corrected chi connectivity index (χ4v) is 4.67. The first-order valence-corrected chi connectivity index (χ1v) is 12.4. The lowest BCUT2D eigenvalue weighted by atomic mass is 9.95. The predicted octanol–water partition coefficient (Wildman–Crippen LogP) is 5.48. The van der Waals surface area contributed by atoms with Gasteiger partial charge in [0.2, 0.25) is 0 Å². The number of rotatable bonds is 6. The van der Waals surface area contributed by atoms with Gasteiger partial charge in [-0.1, -0.05) is 6.07 Å². The number of hydrogen-bond donors (Lipinski definition) is 2. The van der Waals surface area contributed by atoms with Crippen LogP contribution in [0.15, 0.2) is 48.8 Å². The van der Waals surface area contributed by atoms with Gasteiger partial charge in [0, 0.05) is 24.5 Å². The number of hydrogen-bond acceptors (Lipinski definition) is 5. The molecule has 196 valence electrons. The number of carbonyl (C=O) groups excluding carboxylic acids is 1. The standard InChI is InChI=1S/C29H30FN5O3/c1-7-31-28(36)19-12-23-27-33-32-18(4)34(27)15-24(35(23)14-19)22-13-20(29(5,6)37)8-9-25(22)38-26-16(2)10-21(30)11-17(26)3/h8-15,37H,7H2,1-6H3,(H,31,36). The molecule has 0 atom stereocenters. The Kier molecular flexibility index (Phi) is 6.19. The van der Waals surface area contributed by atoms with Crippen molar-refractivity contribution < 1.29 is 19.0 Å². The van der Waals surface area contributed by atoms with E-state index in [2.05, 4.69) is 15.5 Å². The van der Waals surface area contributed by atoms with E-state index in [9.17, 15) is 14.3 Å². The molecule has 3 aromatic heterocycles. The second-order valence-corrected chi connectivity index (χ2v) is 10.0. The van der Waals surface area contributed by atoms with Gasteiger partial charge in [-0.25, -0.2) is 4.39 Å². The van der Waals surface area contributed by atoms with Crippen molar-refractivity contribution in [2.75, 3.05) is 6.54 Å². The SMILES string of the molecule is CCNC(=O)c1cc2c3nnc(C)n3cc(-c3cc(C(C)(C)O)ccc3Oc3c(C)cc(F)cc3C)n2c1. The summed E-state index contributed by atoms with van der Waals surface area (Å²) in [6.07, 6.45) is 3.65. The van der Waals surface area contributed by atoms with Crippen LogP contribution in [0.1, 0.15) is 53.6 Å². The molecule has 0 aliphatic carbocycles. The van der Waals surface area contributed by atoms with E-state index in [1.165, 1.54) is 12.1 Å². The van der Waals surface area contributed by atoms with E-state index >= 15 is 0 Å². The van der Waals surface area contributed by atoms with Crippen LogP contribution in [0, 0.1) is 26.6 Å². The second kappa shape index (κ2) is 9.25. The Morgan fingerprint density at radius 3 is 2.42 bits per heavy atom. The number of amides is 1. The number of ether oxygens (including phenoxy) is 1. The van der Waals surface area contributed by atoms with Crippen LogP contribution in [0.4, 0.5) is 4.39 Å². The molecule has 5 rings (SSSR count). The van der Waals surface area contributed by atoms with E-state index in [1.807, 2.05) is 41.0 Å². The Hall–Kier alpha value is -4.24. The maximum absolute atomic E-state index is 14.0. The highest BCUT2D eigenvalue weighted by Gasteiger charge is 2.23. The second-order valence-electron chi connectivity index (χ2n) is 10.0. The van der Waals surface area contributed by atoms with Crippen LogP contribution in [0.5, 0.6) is 11.5 Å². The summed E-state index contributed by atoms with van der Waals surface area (Å²) in [5, 5.41) is 22.2. The fraction of sp³-hybridized carbons (Fsp3) is 0.276. The molecule has 0 spiro atoms. The molecule has 0 unspecified atom stereocenters. The van der Waals surface area contributed by atoms with Crippen LogP contribution in [0.25, 0.3) is 22.4 Å². The molecule has 0 radical (unpaired) electrons. The summed E-state index contributed by atoms with van der Waals surface area (Å²) in [5.41, 5.74) is 4.03. The smallest absolute Gasteiger partial charge is 0.252 e. The minimum absolute atomic E-state index is 0.198. The molecule has 0 aliphatic heterocycles. The summed E-state index contributed by atoms with van der Waals surface area (Å²) < 4.78 is 24.2. The number of benzene rings is 2. The average molecular weight is 516 g/mol. The molecule has 0 aliphatic rings. The Morgan fingerprint density at radius 1 is 1.05 bits per heavy atom. The Bertz CT molecular complexity index is 1690. The molecular formula is C29H30FN5O3. The number of aromatic nitrogens is 4. The molecule has 1 amide bonds. The Labute approximate surface area is 219 Å². The van der Waals surface area contributed by atoms with Gasteiger partial charge in [-0.15, -0.1) is 10.2 Å². The van der Waals surface area contributed by atoms with Gasteiger partial charge in [-0.05, 0) is 88.6 Å². The van der Waals surface area contributed by atoms with Crippen molar-refractivity contribution in [1.29, 1.82) is 0 Å². The number of halogens is 1. The number of aliphatic hydroxyl groups is 1. The molecule has 0 fully saturated rings. The van der Waals surface area contributed by atoms with Gasteiger partial charge in [0.05, 0.1) is 22.4 Å². The third kappa shape index (κ3) is 4.39. The lowest BCUT2D eigenvalue weighted by Crippen LogP contribution is -2.21. The first kappa shape index (κ1) is 25.4. The van der Waals surface area contributed by atoms with Crippen LogP contribution in [0.3, 0.4) is 0 Å². The van der Waals surface area contributed by atoms with Crippen molar-refractivity contribution in [1.82, 2.24) is 24.3 Å². The zero-order valence-corrected chi connectivity index (χ0v) is 22.3. The summed E-state index contributed by atoms with van der Waals surface area (Å²) in [4.78, 5) is 12.7. The summed E-state index contributed by atoms with van der Waals surface area (Å²) in [5.74, 6) is 1.21. The lowest BCUT2D eigenvalue weighted by molar-refractivity contribution is 0.0786. The number of carbonyl (C=O) groups is 1. The predicted molar refractivity (Wildman–Crippen MR) is 143 cm³/mol. The first-order chi connectivity index (χ1) is 18.0. The first-order valence-electron chi connectivity index (χ1n) is 12.4. The van der Waals surface area contributed by atoms with Crippen molar-refractivity contribution in [3.8, 4) is 22.8 Å². The van der Waals surface area contributed by atoms with Crippen LogP contribution in [-0.2, 0) is 5.60 Å². The molecule has 0 saturated carbocycles. The minimum atomic E-state index is -1.12. The number of nitrogens with one attached hydrogen (secondary N) is 1. The largest absolute Gasteiger partial charge is 0.456 e. The van der Waals surface area contributed by atoms with Gasteiger partial charge in [0.15, 0.2) is 5.65 Å². The van der Waals surface area contributed by atoms with Crippen LogP contribution < -0.4 is 10.1 Å². The van der Waals surface area contributed by atoms with Crippen molar-refractivity contribution in [3.05, 3.63) is 82.7 Å². The van der Waals surface area contributed by atoms with Crippen LogP contribution in [-0.4, -0.2) is 36.6 Å². The van der Waals surface area contributed by atoms with Gasteiger partial charge in [-0.3, -0.25) is 9.20 Å². The quantitative estimate of drug-likeness (QED) is 0.312. The minimum Gasteiger partial charge on any atom is -0.456 e. The normalized spacial score (nSPS) is 11.9. The van der Waals surface area contributed by atoms with Crippen molar-refractivity contribution in [2.24, 2.45) is 0 Å². The van der Waals surface area contributed by atoms with Gasteiger partial charge >= 0.3 is 0 Å². The maximum atomic E-state index is 14.0. The monoisotopic (exact) mass is 515 g/mol. The Balaban J connectivity index is 1.81. The summed E-state index contributed by atoms with van der Waals surface area (Å²) in [6.45, 7) is 11.2. The van der Waals surface area contributed by atoms with Crippen LogP contribution >= 0.6 is 0 Å². The summed E-state index contributed by atoms with van der Waals surface area (Å²) >= 11 is 0. The van der Waals surface area contributed by atoms with E-state index in [-0.39, 0.29) is 11.7 Å². The molecule has 38 heavy (non-hydrogen) atoms. The van der Waals surface area contributed by atoms with Gasteiger partial charge < -0.3 is 19.6 Å². The molecular weight excluding hydrogens is 485 g/mol. The molecule has 5 aromatic rings. The third-order valence-corrected chi connectivity index (χ3v) is 6.62. The highest BCUT2D eigenvalue weighted by atomic mass is 19.1. The zero-order chi connectivity index (χ0) is 27.4. The molecule has 0 bridgehead atoms. The molecule has 2 N–H and O–H groups in total. The Morgan fingerprint density at radius 2 is 1.76 bits per heavy atom. The fourth-order valence-electron chi connectivity index (χ4n) is 4.67. The van der Waals surface area contributed by atoms with E-state index in [0.29, 0.717) is 68.5 Å². The number of nitrogens with zero attached hydrogens (tertiary/aromatic N) is 4. The number of aryl methyl sites for hydroxylation is 3. The van der Waals surface area contributed by atoms with Crippen molar-refractivity contribution in [3.63, 3.8) is 0 Å². The molecule has 0 saturated heterocycles. The average Bonchev–Trinajstić information content (AvgIpc) is 3.44. The van der Waals surface area contributed by atoms with Gasteiger partial charge in [-0.2, -0.15) is 0 Å². The van der Waals surface area contributed by atoms with Crippen LogP contribution in [0.2, 0.25) is 0 Å². The highest BCUT2D eigenvalue weighted by Crippen LogP contribution is 2.39. The van der Waals surface area contributed by atoms with Gasteiger partial charge in [0.25, 0.3) is 5.91 Å². The molecule has 3 heterocycles. The summed E-state index contributed by atoms with van der Waals surface area (Å²) in [7, 11) is 0. The zero-order valence-electron chi connectivity index (χ0n) is 22.3. The molecule has 9 heteroatoms. The topological polar surface area (TPSA) is 93.2 Å². The van der Waals surface area contributed by atoms with Crippen molar-refractivity contribution >= 4 is 17.1 Å². The lowest BCUT2D eigenvalue weighted by Gasteiger charge is -2.22. The maximum Gasteiger partial charge on any atom is 0.252 e. The van der Waals surface area contributed by atoms with Crippen molar-refractivity contribution in [2.45, 2.75) is 47.1 Å². The highest BCUT2D eigenvalue weighted by molar-refractivity contribution is 5.97. The molecule has 2 aromatic carbocycles. The van der Waals surface area contributed by atoms with E-state index in [4.69, 9.17) is 4.74 Å². The van der Waals surface area contributed by atoms with Gasteiger partial charge in [0.1, 0.15) is 23.1 Å². The third-order valence-electron chi connectivity index (χ3n) is 6.62. The van der Waals surface area contributed by atoms with E-state index in [1.54, 1.807) is 46.0 Å². The van der Waals surface area contributed by atoms with E-state index < -0.39 is 5.60 Å². The van der Waals surface area contributed by atoms with E-state index in [0.717, 1.165) is 0 Å². The summed E-state index contributed by atoms with van der Waals surface area (Å²) in [6, 6.07) is 10.1.